The van der Waals surface area contributed by atoms with Crippen LogP contribution in [0.5, 0.6) is 0 Å². The molecule has 0 aromatic rings. The van der Waals surface area contributed by atoms with E-state index in [0.29, 0.717) is 11.0 Å². The molecule has 0 aliphatic heterocycles. The number of nitriles is 1. The van der Waals surface area contributed by atoms with Gasteiger partial charge in [0.05, 0.1) is 11.8 Å². The van der Waals surface area contributed by atoms with Gasteiger partial charge in [-0.15, -0.1) is 0 Å². The Balaban J connectivity index is 2.85. The van der Waals surface area contributed by atoms with Gasteiger partial charge in [0.1, 0.15) is 0 Å². The van der Waals surface area contributed by atoms with Crippen molar-refractivity contribution in [3.8, 4) is 6.07 Å². The lowest BCUT2D eigenvalue weighted by molar-refractivity contribution is 1.12. The van der Waals surface area contributed by atoms with Crippen LogP contribution in [0, 0.1) is 11.3 Å². The Morgan fingerprint density at radius 3 is 2.62 bits per heavy atom. The lowest BCUT2D eigenvalue weighted by atomic mass is 10.6. The molecular formula is C5H9NS2. The summed E-state index contributed by atoms with van der Waals surface area (Å²) in [5.41, 5.74) is 0. The largest absolute Gasteiger partial charge is 0.197 e. The number of rotatable bonds is 3. The quantitative estimate of drug-likeness (QED) is 0.452. The summed E-state index contributed by atoms with van der Waals surface area (Å²) in [6.07, 6.45) is 0. The molecular weight excluding hydrogens is 138 g/mol. The Labute approximate surface area is 58.2 Å². The third-order valence-corrected chi connectivity index (χ3v) is 3.07. The van der Waals surface area contributed by atoms with Gasteiger partial charge >= 0.3 is 0 Å². The van der Waals surface area contributed by atoms with Crippen molar-refractivity contribution in [2.24, 2.45) is 0 Å². The second-order valence-corrected chi connectivity index (χ2v) is 4.51. The zero-order valence-corrected chi connectivity index (χ0v) is 6.68. The number of hydrogen-bond donors (Lipinski definition) is 0. The predicted octanol–water partition coefficient (Wildman–Crippen LogP) is 2.30. The molecule has 1 nitrogen and oxygen atoms in total. The van der Waals surface area contributed by atoms with Crippen molar-refractivity contribution in [3.63, 3.8) is 0 Å². The summed E-state index contributed by atoms with van der Waals surface area (Å²) in [5.74, 6) is 0.600. The smallest absolute Gasteiger partial charge is 0.0911 e. The van der Waals surface area contributed by atoms with Crippen molar-refractivity contribution in [3.05, 3.63) is 0 Å². The molecule has 0 amide bonds. The normalized spacial score (nSPS) is 9.25. The molecule has 0 aliphatic rings. The molecule has 0 atom stereocenters. The first-order valence-corrected chi connectivity index (χ1v) is 4.80. The topological polar surface area (TPSA) is 23.8 Å². The second-order valence-electron chi connectivity index (χ2n) is 1.57. The average molecular weight is 147 g/mol. The summed E-state index contributed by atoms with van der Waals surface area (Å²) in [7, 11) is 3.37. The highest BCUT2D eigenvalue weighted by atomic mass is 33.1. The van der Waals surface area contributed by atoms with E-state index >= 15 is 0 Å². The SMILES string of the molecule is CC(C)SSCC#N. The van der Waals surface area contributed by atoms with E-state index < -0.39 is 0 Å². The van der Waals surface area contributed by atoms with Crippen LogP contribution in [0.2, 0.25) is 0 Å². The Morgan fingerprint density at radius 1 is 1.62 bits per heavy atom. The van der Waals surface area contributed by atoms with Crippen LogP contribution in [0.25, 0.3) is 0 Å². The van der Waals surface area contributed by atoms with Crippen LogP contribution in [0.1, 0.15) is 13.8 Å². The summed E-state index contributed by atoms with van der Waals surface area (Å²) >= 11 is 0. The highest BCUT2D eigenvalue weighted by Crippen LogP contribution is 2.24. The van der Waals surface area contributed by atoms with Crippen LogP contribution in [0.15, 0.2) is 0 Å². The van der Waals surface area contributed by atoms with Gasteiger partial charge in [-0.25, -0.2) is 0 Å². The van der Waals surface area contributed by atoms with Gasteiger partial charge in [-0.2, -0.15) is 5.26 Å². The van der Waals surface area contributed by atoms with Crippen LogP contribution in [0.4, 0.5) is 0 Å². The average Bonchev–Trinajstić information content (AvgIpc) is 1.66. The molecule has 0 aromatic heterocycles. The molecule has 0 radical (unpaired) electrons. The zero-order valence-electron chi connectivity index (χ0n) is 5.05. The van der Waals surface area contributed by atoms with E-state index in [1.807, 2.05) is 0 Å². The molecule has 0 fully saturated rings. The molecule has 46 valence electrons. The van der Waals surface area contributed by atoms with Gasteiger partial charge in [0.2, 0.25) is 0 Å². The molecule has 0 aliphatic carbocycles. The highest BCUT2D eigenvalue weighted by Gasteiger charge is 1.91. The fraction of sp³-hybridized carbons (Fsp3) is 0.800. The molecule has 0 spiro atoms. The summed E-state index contributed by atoms with van der Waals surface area (Å²) < 4.78 is 0. The van der Waals surface area contributed by atoms with Crippen molar-refractivity contribution < 1.29 is 0 Å². The van der Waals surface area contributed by atoms with E-state index in [9.17, 15) is 0 Å². The van der Waals surface area contributed by atoms with Crippen molar-refractivity contribution in [2.75, 3.05) is 5.75 Å². The molecule has 0 saturated heterocycles. The van der Waals surface area contributed by atoms with E-state index in [2.05, 4.69) is 19.9 Å². The summed E-state index contributed by atoms with van der Waals surface area (Å²) in [4.78, 5) is 0. The van der Waals surface area contributed by atoms with Gasteiger partial charge in [-0.3, -0.25) is 0 Å². The molecule has 0 bridgehead atoms. The fourth-order valence-corrected chi connectivity index (χ4v) is 1.77. The monoisotopic (exact) mass is 147 g/mol. The van der Waals surface area contributed by atoms with Gasteiger partial charge in [0.15, 0.2) is 0 Å². The van der Waals surface area contributed by atoms with E-state index in [0.717, 1.165) is 0 Å². The first kappa shape index (κ1) is 8.19. The molecule has 0 unspecified atom stereocenters. The third-order valence-electron chi connectivity index (χ3n) is 0.384. The van der Waals surface area contributed by atoms with Crippen LogP contribution in [-0.2, 0) is 0 Å². The number of nitrogens with zero attached hydrogens (tertiary/aromatic N) is 1. The minimum Gasteiger partial charge on any atom is -0.197 e. The summed E-state index contributed by atoms with van der Waals surface area (Å²) in [6.45, 7) is 4.24. The lowest BCUT2D eigenvalue weighted by Crippen LogP contribution is -1.80. The molecule has 0 aromatic carbocycles. The van der Waals surface area contributed by atoms with Crippen LogP contribution in [0.3, 0.4) is 0 Å². The van der Waals surface area contributed by atoms with Gasteiger partial charge in [-0.05, 0) is 0 Å². The Hall–Kier alpha value is 0.190. The van der Waals surface area contributed by atoms with Gasteiger partial charge in [0, 0.05) is 5.25 Å². The minimum absolute atomic E-state index is 0.600. The van der Waals surface area contributed by atoms with E-state index in [4.69, 9.17) is 5.26 Å². The van der Waals surface area contributed by atoms with Gasteiger partial charge < -0.3 is 0 Å². The van der Waals surface area contributed by atoms with Crippen molar-refractivity contribution in [1.29, 1.82) is 5.26 Å². The first-order valence-electron chi connectivity index (χ1n) is 2.42. The number of hydrogen-bond acceptors (Lipinski definition) is 3. The Bertz CT molecular complexity index is 84.9. The first-order chi connectivity index (χ1) is 3.77. The third kappa shape index (κ3) is 6.19. The van der Waals surface area contributed by atoms with Crippen molar-refractivity contribution in [2.45, 2.75) is 19.1 Å². The molecule has 0 N–H and O–H groups in total. The summed E-state index contributed by atoms with van der Waals surface area (Å²) in [5, 5.41) is 8.73. The minimum atomic E-state index is 0.600. The Morgan fingerprint density at radius 2 is 2.25 bits per heavy atom. The summed E-state index contributed by atoms with van der Waals surface area (Å²) in [6, 6.07) is 2.07. The van der Waals surface area contributed by atoms with Crippen molar-refractivity contribution >= 4 is 21.6 Å². The maximum absolute atomic E-state index is 8.09. The molecule has 0 rings (SSSR count). The van der Waals surface area contributed by atoms with Gasteiger partial charge in [0.25, 0.3) is 0 Å². The van der Waals surface area contributed by atoms with E-state index in [1.54, 1.807) is 21.6 Å². The lowest BCUT2D eigenvalue weighted by Gasteiger charge is -1.97. The highest BCUT2D eigenvalue weighted by molar-refractivity contribution is 8.77. The van der Waals surface area contributed by atoms with Crippen molar-refractivity contribution in [1.82, 2.24) is 0 Å². The maximum atomic E-state index is 8.09. The van der Waals surface area contributed by atoms with E-state index in [-0.39, 0.29) is 0 Å². The maximum Gasteiger partial charge on any atom is 0.0911 e. The van der Waals surface area contributed by atoms with Crippen LogP contribution >= 0.6 is 21.6 Å². The second kappa shape index (κ2) is 5.33. The molecule has 0 saturated carbocycles. The van der Waals surface area contributed by atoms with Gasteiger partial charge in [-0.1, -0.05) is 35.4 Å². The Kier molecular flexibility index (Phi) is 5.46. The predicted molar refractivity (Wildman–Crippen MR) is 40.8 cm³/mol. The van der Waals surface area contributed by atoms with Crippen LogP contribution in [-0.4, -0.2) is 11.0 Å². The molecule has 8 heavy (non-hydrogen) atoms. The standard InChI is InChI=1S/C5H9NS2/c1-5(2)8-7-4-3-6/h5H,4H2,1-2H3. The fourth-order valence-electron chi connectivity index (χ4n) is 0.196. The molecule has 3 heteroatoms. The molecule has 0 heterocycles. The van der Waals surface area contributed by atoms with Crippen LogP contribution < -0.4 is 0 Å². The van der Waals surface area contributed by atoms with E-state index in [1.165, 1.54) is 0 Å². The zero-order chi connectivity index (χ0) is 6.41.